The van der Waals surface area contributed by atoms with Crippen molar-refractivity contribution in [2.24, 2.45) is 0 Å². The van der Waals surface area contributed by atoms with E-state index >= 15 is 0 Å². The summed E-state index contributed by atoms with van der Waals surface area (Å²) in [4.78, 5) is 0. The fraction of sp³-hybridized carbons (Fsp3) is 1.00. The lowest BCUT2D eigenvalue weighted by Gasteiger charge is -2.42. The second-order valence-corrected chi connectivity index (χ2v) is 5.94. The molecule has 1 aliphatic carbocycles. The average molecular weight is 214 g/mol. The maximum Gasteiger partial charge on any atom is 0.0281 e. The van der Waals surface area contributed by atoms with E-state index in [4.69, 9.17) is 0 Å². The van der Waals surface area contributed by atoms with Crippen LogP contribution < -0.4 is 10.6 Å². The van der Waals surface area contributed by atoms with Crippen molar-refractivity contribution in [3.63, 3.8) is 0 Å². The molecule has 0 radical (unpaired) electrons. The van der Waals surface area contributed by atoms with Crippen LogP contribution in [0.5, 0.6) is 0 Å². The largest absolute Gasteiger partial charge is 0.315 e. The summed E-state index contributed by atoms with van der Waals surface area (Å²) in [5, 5.41) is 7.19. The Morgan fingerprint density at radius 1 is 1.43 bits per heavy atom. The molecule has 14 heavy (non-hydrogen) atoms. The van der Waals surface area contributed by atoms with Crippen LogP contribution in [0.4, 0.5) is 0 Å². The van der Waals surface area contributed by atoms with Crippen LogP contribution in [0.3, 0.4) is 0 Å². The van der Waals surface area contributed by atoms with Crippen LogP contribution in [0.1, 0.15) is 32.1 Å². The minimum Gasteiger partial charge on any atom is -0.315 e. The second-order valence-electron chi connectivity index (χ2n) is 4.66. The van der Waals surface area contributed by atoms with Crippen LogP contribution in [0.15, 0.2) is 0 Å². The van der Waals surface area contributed by atoms with Crippen LogP contribution in [-0.2, 0) is 0 Å². The van der Waals surface area contributed by atoms with Crippen LogP contribution in [0.2, 0.25) is 0 Å². The molecule has 0 aromatic heterocycles. The van der Waals surface area contributed by atoms with Crippen molar-refractivity contribution in [1.82, 2.24) is 10.6 Å². The molecule has 1 atom stereocenters. The predicted molar refractivity (Wildman–Crippen MR) is 64.0 cm³/mol. The van der Waals surface area contributed by atoms with Gasteiger partial charge in [0.15, 0.2) is 0 Å². The van der Waals surface area contributed by atoms with Crippen molar-refractivity contribution in [3.8, 4) is 0 Å². The number of hydrogen-bond acceptors (Lipinski definition) is 3. The minimum atomic E-state index is 0.595. The van der Waals surface area contributed by atoms with E-state index in [1.165, 1.54) is 51.7 Å². The number of rotatable bonds is 4. The first-order valence-electron chi connectivity index (χ1n) is 5.84. The summed E-state index contributed by atoms with van der Waals surface area (Å²) < 4.78 is 0.595. The normalized spacial score (nSPS) is 31.1. The van der Waals surface area contributed by atoms with Crippen molar-refractivity contribution in [2.45, 2.75) is 42.9 Å². The average Bonchev–Trinajstić information content (AvgIpc) is 2.19. The first-order chi connectivity index (χ1) is 6.85. The molecule has 2 N–H and O–H groups in total. The van der Waals surface area contributed by atoms with E-state index in [0.29, 0.717) is 4.75 Å². The van der Waals surface area contributed by atoms with Gasteiger partial charge in [-0.1, -0.05) is 6.42 Å². The van der Waals surface area contributed by atoms with Gasteiger partial charge in [0.2, 0.25) is 0 Å². The molecule has 1 unspecified atom stereocenters. The molecule has 0 spiro atoms. The molecule has 1 aliphatic heterocycles. The lowest BCUT2D eigenvalue weighted by Crippen LogP contribution is -2.50. The Hall–Kier alpha value is 0.270. The smallest absolute Gasteiger partial charge is 0.0281 e. The third-order valence-corrected chi connectivity index (χ3v) is 5.13. The zero-order valence-electron chi connectivity index (χ0n) is 9.14. The Kier molecular flexibility index (Phi) is 3.74. The molecule has 1 saturated carbocycles. The zero-order chi connectivity index (χ0) is 9.86. The molecule has 0 amide bonds. The van der Waals surface area contributed by atoms with E-state index in [1.54, 1.807) is 0 Å². The molecule has 1 heterocycles. The van der Waals surface area contributed by atoms with Crippen molar-refractivity contribution in [3.05, 3.63) is 0 Å². The minimum absolute atomic E-state index is 0.595. The fourth-order valence-corrected chi connectivity index (χ4v) is 3.31. The molecule has 3 heteroatoms. The van der Waals surface area contributed by atoms with Gasteiger partial charge in [-0.3, -0.25) is 0 Å². The second kappa shape index (κ2) is 4.86. The van der Waals surface area contributed by atoms with E-state index in [-0.39, 0.29) is 0 Å². The van der Waals surface area contributed by atoms with Crippen molar-refractivity contribution in [1.29, 1.82) is 0 Å². The van der Waals surface area contributed by atoms with Crippen molar-refractivity contribution in [2.75, 3.05) is 25.9 Å². The molecular formula is C11H22N2S. The van der Waals surface area contributed by atoms with E-state index in [9.17, 15) is 0 Å². The van der Waals surface area contributed by atoms with E-state index in [1.807, 2.05) is 0 Å². The molecule has 0 aromatic rings. The maximum atomic E-state index is 3.73. The molecule has 2 aliphatic rings. The van der Waals surface area contributed by atoms with Gasteiger partial charge in [-0.05, 0) is 38.5 Å². The van der Waals surface area contributed by atoms with E-state index in [0.717, 1.165) is 6.04 Å². The van der Waals surface area contributed by atoms with Crippen molar-refractivity contribution >= 4 is 11.8 Å². The van der Waals surface area contributed by atoms with Gasteiger partial charge in [0, 0.05) is 23.9 Å². The van der Waals surface area contributed by atoms with Gasteiger partial charge in [0.05, 0.1) is 0 Å². The Morgan fingerprint density at radius 3 is 2.79 bits per heavy atom. The lowest BCUT2D eigenvalue weighted by atomic mass is 9.84. The Labute approximate surface area is 91.6 Å². The number of piperidine rings is 1. The summed E-state index contributed by atoms with van der Waals surface area (Å²) in [6.07, 6.45) is 9.23. The van der Waals surface area contributed by atoms with E-state index in [2.05, 4.69) is 28.7 Å². The van der Waals surface area contributed by atoms with E-state index < -0.39 is 0 Å². The third kappa shape index (κ3) is 2.44. The van der Waals surface area contributed by atoms with Gasteiger partial charge in [-0.15, -0.1) is 0 Å². The molecular weight excluding hydrogens is 192 g/mol. The predicted octanol–water partition coefficient (Wildman–Crippen LogP) is 1.61. The standard InChI is InChI=1S/C11H22N2S/c1-14-11(5-3-6-11)9-13-10-4-2-7-12-8-10/h10,12-13H,2-9H2,1H3. The highest BCUT2D eigenvalue weighted by atomic mass is 32.2. The van der Waals surface area contributed by atoms with Gasteiger partial charge < -0.3 is 10.6 Å². The highest BCUT2D eigenvalue weighted by molar-refractivity contribution is 8.00. The summed E-state index contributed by atoms with van der Waals surface area (Å²) in [6, 6.07) is 0.730. The highest BCUT2D eigenvalue weighted by Crippen LogP contribution is 2.42. The summed E-state index contributed by atoms with van der Waals surface area (Å²) in [7, 11) is 0. The number of hydrogen-bond donors (Lipinski definition) is 2. The van der Waals surface area contributed by atoms with Gasteiger partial charge in [0.1, 0.15) is 0 Å². The quantitative estimate of drug-likeness (QED) is 0.743. The number of thioether (sulfide) groups is 1. The van der Waals surface area contributed by atoms with Crippen LogP contribution in [0.25, 0.3) is 0 Å². The molecule has 0 bridgehead atoms. The zero-order valence-corrected chi connectivity index (χ0v) is 9.96. The third-order valence-electron chi connectivity index (χ3n) is 3.71. The monoisotopic (exact) mass is 214 g/mol. The topological polar surface area (TPSA) is 24.1 Å². The van der Waals surface area contributed by atoms with Gasteiger partial charge in [-0.25, -0.2) is 0 Å². The molecule has 82 valence electrons. The van der Waals surface area contributed by atoms with Crippen LogP contribution in [0, 0.1) is 0 Å². The fourth-order valence-electron chi connectivity index (χ4n) is 2.38. The Balaban J connectivity index is 1.69. The number of nitrogens with one attached hydrogen (secondary N) is 2. The summed E-state index contributed by atoms with van der Waals surface area (Å²) in [5.74, 6) is 0. The lowest BCUT2D eigenvalue weighted by molar-refractivity contribution is 0.308. The van der Waals surface area contributed by atoms with Crippen LogP contribution >= 0.6 is 11.8 Å². The molecule has 2 fully saturated rings. The first-order valence-corrected chi connectivity index (χ1v) is 7.06. The maximum absolute atomic E-state index is 3.73. The Morgan fingerprint density at radius 2 is 2.29 bits per heavy atom. The van der Waals surface area contributed by atoms with Gasteiger partial charge in [-0.2, -0.15) is 11.8 Å². The van der Waals surface area contributed by atoms with Gasteiger partial charge in [0.25, 0.3) is 0 Å². The SMILES string of the molecule is CSC1(CNC2CCCNC2)CCC1. The van der Waals surface area contributed by atoms with Gasteiger partial charge >= 0.3 is 0 Å². The molecule has 0 aromatic carbocycles. The molecule has 1 saturated heterocycles. The molecule has 2 nitrogen and oxygen atoms in total. The summed E-state index contributed by atoms with van der Waals surface area (Å²) >= 11 is 2.06. The summed E-state index contributed by atoms with van der Waals surface area (Å²) in [5.41, 5.74) is 0. The molecule has 2 rings (SSSR count). The Bertz CT molecular complexity index is 169. The first kappa shape index (κ1) is 10.8. The van der Waals surface area contributed by atoms with Crippen LogP contribution in [-0.4, -0.2) is 36.7 Å². The van der Waals surface area contributed by atoms with Crippen molar-refractivity contribution < 1.29 is 0 Å². The highest BCUT2D eigenvalue weighted by Gasteiger charge is 2.36. The summed E-state index contributed by atoms with van der Waals surface area (Å²) in [6.45, 7) is 3.61.